The molecule has 0 aromatic heterocycles. The summed E-state index contributed by atoms with van der Waals surface area (Å²) in [6.45, 7) is 0. The molecule has 0 amide bonds. The average Bonchev–Trinajstić information content (AvgIpc) is 2.48. The van der Waals surface area contributed by atoms with Gasteiger partial charge in [0, 0.05) is 17.0 Å². The number of thioether (sulfide) groups is 1. The van der Waals surface area contributed by atoms with E-state index in [-0.39, 0.29) is 5.69 Å². The molecule has 2 aromatic rings. The first-order valence-corrected chi connectivity index (χ1v) is 6.79. The van der Waals surface area contributed by atoms with Gasteiger partial charge in [-0.15, -0.1) is 0 Å². The van der Waals surface area contributed by atoms with Crippen molar-refractivity contribution in [1.82, 2.24) is 0 Å². The molecule has 0 radical (unpaired) electrons. The molecule has 2 aromatic carbocycles. The lowest BCUT2D eigenvalue weighted by molar-refractivity contribution is -0.384. The van der Waals surface area contributed by atoms with Crippen LogP contribution in [-0.2, 0) is 0 Å². The Bertz CT molecular complexity index is 606. The zero-order valence-corrected chi connectivity index (χ0v) is 11.7. The number of hydrogen-bond acceptors (Lipinski definition) is 4. The van der Waals surface area contributed by atoms with E-state index in [0.29, 0.717) is 0 Å². The molecule has 20 heavy (non-hydrogen) atoms. The third-order valence-corrected chi connectivity index (χ3v) is 3.44. The lowest BCUT2D eigenvalue weighted by atomic mass is 10.2. The van der Waals surface area contributed by atoms with E-state index in [4.69, 9.17) is 4.74 Å². The molecule has 0 atom stereocenters. The standard InChI is InChI=1S/C15H13NO3S/c1-19-14-6-8-15(9-7-14)20-11-10-12-2-4-13(5-3-12)16(17)18/h2-11H,1H3/b11-10+. The molecule has 0 aliphatic rings. The van der Waals surface area contributed by atoms with Crippen LogP contribution in [0.2, 0.25) is 0 Å². The summed E-state index contributed by atoms with van der Waals surface area (Å²) >= 11 is 1.57. The lowest BCUT2D eigenvalue weighted by Crippen LogP contribution is -1.86. The number of nitro groups is 1. The molecule has 0 heterocycles. The fourth-order valence-corrected chi connectivity index (χ4v) is 2.23. The predicted octanol–water partition coefficient (Wildman–Crippen LogP) is 4.37. The number of non-ortho nitro benzene ring substituents is 1. The molecule has 102 valence electrons. The molecule has 0 aliphatic carbocycles. The fraction of sp³-hybridized carbons (Fsp3) is 0.0667. The van der Waals surface area contributed by atoms with Crippen molar-refractivity contribution in [3.63, 3.8) is 0 Å². The maximum absolute atomic E-state index is 10.5. The van der Waals surface area contributed by atoms with Crippen LogP contribution in [0.1, 0.15) is 5.56 Å². The number of hydrogen-bond donors (Lipinski definition) is 0. The van der Waals surface area contributed by atoms with E-state index in [9.17, 15) is 10.1 Å². The molecular weight excluding hydrogens is 274 g/mol. The minimum Gasteiger partial charge on any atom is -0.497 e. The van der Waals surface area contributed by atoms with Crippen molar-refractivity contribution in [2.75, 3.05) is 7.11 Å². The first kappa shape index (κ1) is 14.1. The number of nitrogens with zero attached hydrogens (tertiary/aromatic N) is 1. The summed E-state index contributed by atoms with van der Waals surface area (Å²) in [5.74, 6) is 0.827. The van der Waals surface area contributed by atoms with E-state index in [1.807, 2.05) is 35.7 Å². The Balaban J connectivity index is 1.96. The summed E-state index contributed by atoms with van der Waals surface area (Å²) in [5.41, 5.74) is 1.03. The van der Waals surface area contributed by atoms with Crippen LogP contribution >= 0.6 is 11.8 Å². The summed E-state index contributed by atoms with van der Waals surface area (Å²) in [4.78, 5) is 11.2. The minimum atomic E-state index is -0.403. The lowest BCUT2D eigenvalue weighted by Gasteiger charge is -2.00. The zero-order chi connectivity index (χ0) is 14.4. The predicted molar refractivity (Wildman–Crippen MR) is 81.0 cm³/mol. The van der Waals surface area contributed by atoms with E-state index < -0.39 is 4.92 Å². The molecule has 0 saturated carbocycles. The Hall–Kier alpha value is -2.27. The molecule has 0 N–H and O–H groups in total. The van der Waals surface area contributed by atoms with E-state index in [0.717, 1.165) is 16.2 Å². The van der Waals surface area contributed by atoms with Gasteiger partial charge in [0.1, 0.15) is 5.75 Å². The SMILES string of the molecule is COc1ccc(S/C=C/c2ccc([N+](=O)[O-])cc2)cc1. The monoisotopic (exact) mass is 287 g/mol. The van der Waals surface area contributed by atoms with Crippen molar-refractivity contribution in [3.8, 4) is 5.75 Å². The summed E-state index contributed by atoms with van der Waals surface area (Å²) in [6.07, 6.45) is 1.92. The van der Waals surface area contributed by atoms with Crippen molar-refractivity contribution >= 4 is 23.5 Å². The van der Waals surface area contributed by atoms with Crippen LogP contribution in [0.3, 0.4) is 0 Å². The Morgan fingerprint density at radius 2 is 1.75 bits per heavy atom. The van der Waals surface area contributed by atoms with Crippen molar-refractivity contribution < 1.29 is 9.66 Å². The van der Waals surface area contributed by atoms with Crippen molar-refractivity contribution in [3.05, 3.63) is 69.6 Å². The largest absolute Gasteiger partial charge is 0.497 e. The van der Waals surface area contributed by atoms with Crippen LogP contribution in [0, 0.1) is 10.1 Å². The van der Waals surface area contributed by atoms with Gasteiger partial charge in [0.25, 0.3) is 5.69 Å². The van der Waals surface area contributed by atoms with Crippen LogP contribution in [0.25, 0.3) is 6.08 Å². The van der Waals surface area contributed by atoms with E-state index in [2.05, 4.69) is 0 Å². The van der Waals surface area contributed by atoms with E-state index >= 15 is 0 Å². The highest BCUT2D eigenvalue weighted by Gasteiger charge is 2.02. The molecule has 0 unspecified atom stereocenters. The molecule has 0 saturated heterocycles. The molecule has 0 fully saturated rings. The smallest absolute Gasteiger partial charge is 0.269 e. The van der Waals surface area contributed by atoms with Gasteiger partial charge in [0.2, 0.25) is 0 Å². The highest BCUT2D eigenvalue weighted by atomic mass is 32.2. The average molecular weight is 287 g/mol. The summed E-state index contributed by atoms with van der Waals surface area (Å²) in [5, 5.41) is 12.5. The Labute approximate surface area is 121 Å². The van der Waals surface area contributed by atoms with Gasteiger partial charge < -0.3 is 4.74 Å². The second-order valence-electron chi connectivity index (χ2n) is 3.94. The quantitative estimate of drug-likeness (QED) is 0.465. The molecule has 4 nitrogen and oxygen atoms in total. The second kappa shape index (κ2) is 6.77. The van der Waals surface area contributed by atoms with Crippen molar-refractivity contribution in [2.24, 2.45) is 0 Å². The zero-order valence-electron chi connectivity index (χ0n) is 10.9. The molecular formula is C15H13NO3S. The summed E-state index contributed by atoms with van der Waals surface area (Å²) in [6, 6.07) is 14.2. The van der Waals surface area contributed by atoms with E-state index in [1.54, 1.807) is 31.0 Å². The fourth-order valence-electron chi connectivity index (χ4n) is 1.55. The molecule has 2 rings (SSSR count). The topological polar surface area (TPSA) is 52.4 Å². The Morgan fingerprint density at radius 3 is 2.30 bits per heavy atom. The number of methoxy groups -OCH3 is 1. The third kappa shape index (κ3) is 3.86. The molecule has 0 aliphatic heterocycles. The first-order valence-electron chi connectivity index (χ1n) is 5.91. The maximum Gasteiger partial charge on any atom is 0.269 e. The minimum absolute atomic E-state index is 0.102. The Morgan fingerprint density at radius 1 is 1.10 bits per heavy atom. The molecule has 0 bridgehead atoms. The number of nitro benzene ring substituents is 1. The Kier molecular flexibility index (Phi) is 4.79. The maximum atomic E-state index is 10.5. The van der Waals surface area contributed by atoms with Gasteiger partial charge in [-0.25, -0.2) is 0 Å². The molecule has 5 heteroatoms. The van der Waals surface area contributed by atoms with Gasteiger partial charge >= 0.3 is 0 Å². The van der Waals surface area contributed by atoms with Crippen LogP contribution in [0.15, 0.2) is 58.8 Å². The van der Waals surface area contributed by atoms with Crippen LogP contribution in [-0.4, -0.2) is 12.0 Å². The highest BCUT2D eigenvalue weighted by Crippen LogP contribution is 2.23. The van der Waals surface area contributed by atoms with Crippen molar-refractivity contribution in [2.45, 2.75) is 4.90 Å². The van der Waals surface area contributed by atoms with Gasteiger partial charge in [-0.2, -0.15) is 0 Å². The number of benzene rings is 2. The summed E-state index contributed by atoms with van der Waals surface area (Å²) < 4.78 is 5.09. The van der Waals surface area contributed by atoms with Gasteiger partial charge in [0.05, 0.1) is 12.0 Å². The van der Waals surface area contributed by atoms with Crippen LogP contribution in [0.4, 0.5) is 5.69 Å². The summed E-state index contributed by atoms with van der Waals surface area (Å²) in [7, 11) is 1.64. The third-order valence-electron chi connectivity index (χ3n) is 2.63. The number of ether oxygens (including phenoxy) is 1. The number of rotatable bonds is 5. The normalized spacial score (nSPS) is 10.7. The first-order chi connectivity index (χ1) is 9.69. The highest BCUT2D eigenvalue weighted by molar-refractivity contribution is 8.02. The van der Waals surface area contributed by atoms with Gasteiger partial charge in [0.15, 0.2) is 0 Å². The van der Waals surface area contributed by atoms with Crippen LogP contribution in [0.5, 0.6) is 5.75 Å². The van der Waals surface area contributed by atoms with Gasteiger partial charge in [-0.1, -0.05) is 11.8 Å². The van der Waals surface area contributed by atoms with Crippen molar-refractivity contribution in [1.29, 1.82) is 0 Å². The van der Waals surface area contributed by atoms with E-state index in [1.165, 1.54) is 12.1 Å². The van der Waals surface area contributed by atoms with Gasteiger partial charge in [-0.3, -0.25) is 10.1 Å². The molecule has 0 spiro atoms. The van der Waals surface area contributed by atoms with Gasteiger partial charge in [-0.05, 0) is 53.4 Å². The van der Waals surface area contributed by atoms with Crippen LogP contribution < -0.4 is 4.74 Å². The second-order valence-corrected chi connectivity index (χ2v) is 4.92.